The van der Waals surface area contributed by atoms with E-state index in [0.29, 0.717) is 11.5 Å². The monoisotopic (exact) mass is 434 g/mol. The van der Waals surface area contributed by atoms with Gasteiger partial charge in [0.2, 0.25) is 0 Å². The van der Waals surface area contributed by atoms with Crippen molar-refractivity contribution in [3.63, 3.8) is 0 Å². The Bertz CT molecular complexity index is 986. The lowest BCUT2D eigenvalue weighted by Gasteiger charge is -2.21. The minimum atomic E-state index is 0.235. The van der Waals surface area contributed by atoms with Crippen molar-refractivity contribution in [2.45, 2.75) is 92.9 Å². The zero-order valence-electron chi connectivity index (χ0n) is 21.3. The van der Waals surface area contributed by atoms with Crippen LogP contribution in [0.5, 0.6) is 11.5 Å². The summed E-state index contributed by atoms with van der Waals surface area (Å²) in [5, 5.41) is 22.0. The highest BCUT2D eigenvalue weighted by Crippen LogP contribution is 2.43. The molecule has 0 bridgehead atoms. The molecule has 2 rings (SSSR count). The van der Waals surface area contributed by atoms with Crippen LogP contribution in [-0.4, -0.2) is 10.2 Å². The van der Waals surface area contributed by atoms with Gasteiger partial charge in [-0.15, -0.1) is 0 Å². The van der Waals surface area contributed by atoms with Gasteiger partial charge in [0.15, 0.2) is 0 Å². The van der Waals surface area contributed by atoms with Crippen molar-refractivity contribution >= 4 is 0 Å². The second-order valence-corrected chi connectivity index (χ2v) is 9.94. The first kappa shape index (κ1) is 25.8. The van der Waals surface area contributed by atoms with Gasteiger partial charge in [-0.3, -0.25) is 0 Å². The smallest absolute Gasteiger partial charge is 0.127 e. The molecule has 174 valence electrons. The summed E-state index contributed by atoms with van der Waals surface area (Å²) in [4.78, 5) is 0. The third-order valence-electron chi connectivity index (χ3n) is 6.43. The minimum absolute atomic E-state index is 0.235. The number of allylic oxidation sites excluding steroid dienone is 4. The topological polar surface area (TPSA) is 40.5 Å². The van der Waals surface area contributed by atoms with Gasteiger partial charge in [0.1, 0.15) is 11.5 Å². The number of phenols is 2. The van der Waals surface area contributed by atoms with E-state index >= 15 is 0 Å². The molecule has 0 aliphatic carbocycles. The molecule has 2 heteroatoms. The van der Waals surface area contributed by atoms with E-state index in [-0.39, 0.29) is 11.8 Å². The molecule has 2 unspecified atom stereocenters. The minimum Gasteiger partial charge on any atom is -0.508 e. The molecule has 0 aliphatic rings. The Kier molecular flexibility index (Phi) is 9.19. The average Bonchev–Trinajstić information content (AvgIpc) is 2.68. The predicted molar refractivity (Wildman–Crippen MR) is 139 cm³/mol. The molecule has 0 fully saturated rings. The zero-order valence-corrected chi connectivity index (χ0v) is 21.3. The summed E-state index contributed by atoms with van der Waals surface area (Å²) >= 11 is 0. The number of hydrogen-bond acceptors (Lipinski definition) is 2. The number of hydrogen-bond donors (Lipinski definition) is 2. The second-order valence-electron chi connectivity index (χ2n) is 9.94. The Hall–Kier alpha value is -2.48. The van der Waals surface area contributed by atoms with Gasteiger partial charge in [-0.25, -0.2) is 0 Å². The van der Waals surface area contributed by atoms with Crippen molar-refractivity contribution in [1.82, 2.24) is 0 Å². The number of benzene rings is 2. The molecule has 2 N–H and O–H groups in total. The molecule has 0 aromatic heterocycles. The molecule has 2 aromatic carbocycles. The van der Waals surface area contributed by atoms with Gasteiger partial charge in [0.05, 0.1) is 0 Å². The maximum atomic E-state index is 11.3. The van der Waals surface area contributed by atoms with Crippen molar-refractivity contribution in [2.75, 3.05) is 0 Å². The summed E-state index contributed by atoms with van der Waals surface area (Å²) in [5.74, 6) is 1.23. The van der Waals surface area contributed by atoms with E-state index in [1.807, 2.05) is 13.0 Å². The molecular weight excluding hydrogens is 392 g/mol. The summed E-state index contributed by atoms with van der Waals surface area (Å²) < 4.78 is 0. The highest BCUT2D eigenvalue weighted by Gasteiger charge is 2.20. The van der Waals surface area contributed by atoms with Gasteiger partial charge in [-0.2, -0.15) is 0 Å². The lowest BCUT2D eigenvalue weighted by atomic mass is 9.85. The Morgan fingerprint density at radius 1 is 0.781 bits per heavy atom. The average molecular weight is 435 g/mol. The standard InChI is InChI=1S/C30H42O2/c1-19(2)11-9-13-21(5)25-16-15-23(7)29(30(25)32)27-18-26(28(31)17-24(27)8)22(6)14-10-12-20(3)4/h11-12,15-18,21-22,31-32H,9-10,13-14H2,1-8H3. The van der Waals surface area contributed by atoms with E-state index in [0.717, 1.165) is 59.1 Å². The molecule has 0 heterocycles. The van der Waals surface area contributed by atoms with Crippen LogP contribution >= 0.6 is 0 Å². The van der Waals surface area contributed by atoms with E-state index in [2.05, 4.69) is 78.8 Å². The molecule has 0 aliphatic heterocycles. The lowest BCUT2D eigenvalue weighted by molar-refractivity contribution is 0.458. The first-order valence-corrected chi connectivity index (χ1v) is 12.0. The van der Waals surface area contributed by atoms with Crippen molar-refractivity contribution in [3.8, 4) is 22.6 Å². The van der Waals surface area contributed by atoms with Crippen LogP contribution in [0.3, 0.4) is 0 Å². The van der Waals surface area contributed by atoms with Gasteiger partial charge in [-0.1, -0.05) is 49.3 Å². The SMILES string of the molecule is CC(C)=CCCC(C)c1cc(-c2c(C)ccc(C(C)CCC=C(C)C)c2O)c(C)cc1O. The molecular formula is C30H42O2. The fourth-order valence-electron chi connectivity index (χ4n) is 4.37. The molecule has 0 radical (unpaired) electrons. The lowest BCUT2D eigenvalue weighted by Crippen LogP contribution is -2.00. The number of rotatable bonds is 9. The molecule has 2 nitrogen and oxygen atoms in total. The number of phenolic OH excluding ortho intramolecular Hbond substituents is 2. The molecule has 0 amide bonds. The summed E-state index contributed by atoms with van der Waals surface area (Å²) in [6, 6.07) is 8.13. The van der Waals surface area contributed by atoms with Crippen LogP contribution in [0.15, 0.2) is 47.6 Å². The van der Waals surface area contributed by atoms with E-state index in [4.69, 9.17) is 0 Å². The molecule has 0 spiro atoms. The Labute approximate surface area is 195 Å². The van der Waals surface area contributed by atoms with Crippen LogP contribution in [0.25, 0.3) is 11.1 Å². The van der Waals surface area contributed by atoms with E-state index in [1.54, 1.807) is 0 Å². The Morgan fingerprint density at radius 3 is 1.84 bits per heavy atom. The Balaban J connectivity index is 2.46. The van der Waals surface area contributed by atoms with E-state index in [1.165, 1.54) is 11.1 Å². The third kappa shape index (κ3) is 6.51. The van der Waals surface area contributed by atoms with Crippen LogP contribution in [0.2, 0.25) is 0 Å². The Morgan fingerprint density at radius 2 is 1.31 bits per heavy atom. The molecule has 2 aromatic rings. The molecule has 2 atom stereocenters. The molecule has 0 saturated heterocycles. The fraction of sp³-hybridized carbons (Fsp3) is 0.467. The van der Waals surface area contributed by atoms with Crippen molar-refractivity contribution in [2.24, 2.45) is 0 Å². The first-order valence-electron chi connectivity index (χ1n) is 12.0. The number of aromatic hydroxyl groups is 2. The third-order valence-corrected chi connectivity index (χ3v) is 6.43. The predicted octanol–water partition coefficient (Wildman–Crippen LogP) is 9.08. The summed E-state index contributed by atoms with van der Waals surface area (Å²) in [5.41, 5.74) is 8.55. The maximum Gasteiger partial charge on any atom is 0.127 e. The zero-order chi connectivity index (χ0) is 24.0. The van der Waals surface area contributed by atoms with Crippen molar-refractivity contribution in [1.29, 1.82) is 0 Å². The van der Waals surface area contributed by atoms with E-state index in [9.17, 15) is 10.2 Å². The molecule has 0 saturated carbocycles. The maximum absolute atomic E-state index is 11.3. The van der Waals surface area contributed by atoms with Gasteiger partial charge < -0.3 is 10.2 Å². The quantitative estimate of drug-likeness (QED) is 0.386. The fourth-order valence-corrected chi connectivity index (χ4v) is 4.37. The largest absolute Gasteiger partial charge is 0.508 e. The summed E-state index contributed by atoms with van der Waals surface area (Å²) in [6.45, 7) is 16.9. The van der Waals surface area contributed by atoms with Crippen LogP contribution in [0.4, 0.5) is 0 Å². The highest BCUT2D eigenvalue weighted by atomic mass is 16.3. The first-order chi connectivity index (χ1) is 15.0. The van der Waals surface area contributed by atoms with Gasteiger partial charge in [-0.05, 0) is 119 Å². The highest BCUT2D eigenvalue weighted by molar-refractivity contribution is 5.79. The normalized spacial score (nSPS) is 12.9. The van der Waals surface area contributed by atoms with Crippen LogP contribution in [0, 0.1) is 13.8 Å². The van der Waals surface area contributed by atoms with Crippen molar-refractivity contribution in [3.05, 3.63) is 69.8 Å². The second kappa shape index (κ2) is 11.4. The van der Waals surface area contributed by atoms with Crippen LogP contribution in [0.1, 0.15) is 101 Å². The van der Waals surface area contributed by atoms with E-state index < -0.39 is 0 Å². The van der Waals surface area contributed by atoms with Gasteiger partial charge in [0, 0.05) is 5.56 Å². The van der Waals surface area contributed by atoms with Gasteiger partial charge in [0.25, 0.3) is 0 Å². The summed E-state index contributed by atoms with van der Waals surface area (Å²) in [7, 11) is 0. The molecule has 32 heavy (non-hydrogen) atoms. The number of aryl methyl sites for hydroxylation is 2. The van der Waals surface area contributed by atoms with Crippen molar-refractivity contribution < 1.29 is 10.2 Å². The van der Waals surface area contributed by atoms with Crippen LogP contribution < -0.4 is 0 Å². The summed E-state index contributed by atoms with van der Waals surface area (Å²) in [6.07, 6.45) is 8.50. The van der Waals surface area contributed by atoms with Crippen LogP contribution in [-0.2, 0) is 0 Å². The van der Waals surface area contributed by atoms with Gasteiger partial charge >= 0.3 is 0 Å².